The number of aryl methyl sites for hydroxylation is 1. The minimum absolute atomic E-state index is 0.0141. The maximum absolute atomic E-state index is 14.6. The van der Waals surface area contributed by atoms with E-state index in [0.717, 1.165) is 24.5 Å². The van der Waals surface area contributed by atoms with Crippen molar-refractivity contribution >= 4 is 23.1 Å². The summed E-state index contributed by atoms with van der Waals surface area (Å²) in [6.45, 7) is 16.5. The van der Waals surface area contributed by atoms with Gasteiger partial charge in [0.05, 0.1) is 5.56 Å². The van der Waals surface area contributed by atoms with Crippen molar-refractivity contribution in [1.29, 1.82) is 0 Å². The molecule has 2 aromatic carbocycles. The standard InChI is InChI=1S/C39H46O7/c1-20(2)26-17-25(16-22(5)14-15-24-12-10-9-11-13-24)32(41)29-27(26)18-37(7)19-38(8)30(21(3)4)33(42)28(23(6)40)35(44)39(38,46)36(45)31(37)34(29)43/h9-13,17,20-21,30,41,43-44,46H,5,14-16,18-19H2,1-4,6-8H3/t30?,37-,38-,39+/m1/s1. The molecule has 0 saturated heterocycles. The highest BCUT2D eigenvalue weighted by Crippen LogP contribution is 2.65. The molecule has 0 aromatic heterocycles. The first-order chi connectivity index (χ1) is 21.4. The van der Waals surface area contributed by atoms with Crippen molar-refractivity contribution in [3.63, 3.8) is 0 Å². The first-order valence-corrected chi connectivity index (χ1v) is 16.2. The van der Waals surface area contributed by atoms with Crippen molar-refractivity contribution in [1.82, 2.24) is 0 Å². The molecule has 46 heavy (non-hydrogen) atoms. The summed E-state index contributed by atoms with van der Waals surface area (Å²) in [5, 5.41) is 47.4. The molecular formula is C39H46O7. The summed E-state index contributed by atoms with van der Waals surface area (Å²) in [7, 11) is 0. The average Bonchev–Trinajstić information content (AvgIpc) is 2.95. The minimum Gasteiger partial charge on any atom is -0.508 e. The van der Waals surface area contributed by atoms with Gasteiger partial charge in [0.1, 0.15) is 22.8 Å². The molecule has 0 spiro atoms. The highest BCUT2D eigenvalue weighted by atomic mass is 16.3. The number of phenolic OH excluding ortho intramolecular Hbond substituents is 1. The second-order valence-electron chi connectivity index (χ2n) is 14.9. The Kier molecular flexibility index (Phi) is 8.26. The molecule has 7 heteroatoms. The van der Waals surface area contributed by atoms with Gasteiger partial charge in [0, 0.05) is 22.3 Å². The number of Topliss-reactive ketones (excluding diaryl/α,β-unsaturated/α-hetero) is 3. The van der Waals surface area contributed by atoms with Crippen molar-refractivity contribution in [2.45, 2.75) is 92.1 Å². The average molecular weight is 627 g/mol. The molecule has 5 rings (SSSR count). The monoisotopic (exact) mass is 626 g/mol. The van der Waals surface area contributed by atoms with Crippen LogP contribution in [0, 0.1) is 22.7 Å². The van der Waals surface area contributed by atoms with Crippen LogP contribution < -0.4 is 0 Å². The van der Waals surface area contributed by atoms with Gasteiger partial charge in [-0.15, -0.1) is 0 Å². The highest BCUT2D eigenvalue weighted by Gasteiger charge is 2.72. The van der Waals surface area contributed by atoms with Gasteiger partial charge in [-0.2, -0.15) is 0 Å². The molecular weight excluding hydrogens is 580 g/mol. The highest BCUT2D eigenvalue weighted by molar-refractivity contribution is 6.24. The number of phenols is 1. The lowest BCUT2D eigenvalue weighted by molar-refractivity contribution is -0.178. The summed E-state index contributed by atoms with van der Waals surface area (Å²) in [4.78, 5) is 41.0. The fraction of sp³-hybridized carbons (Fsp3) is 0.462. The van der Waals surface area contributed by atoms with Crippen LogP contribution in [0.4, 0.5) is 0 Å². The lowest BCUT2D eigenvalue weighted by Gasteiger charge is -2.60. The molecule has 0 aliphatic heterocycles. The van der Waals surface area contributed by atoms with Gasteiger partial charge in [-0.1, -0.05) is 90.1 Å². The molecule has 4 N–H and O–H groups in total. The number of aromatic hydroxyl groups is 1. The quantitative estimate of drug-likeness (QED) is 0.182. The predicted octanol–water partition coefficient (Wildman–Crippen LogP) is 7.04. The summed E-state index contributed by atoms with van der Waals surface area (Å²) in [6.07, 6.45) is 2.19. The van der Waals surface area contributed by atoms with Gasteiger partial charge >= 0.3 is 0 Å². The van der Waals surface area contributed by atoms with E-state index in [1.165, 1.54) is 5.56 Å². The van der Waals surface area contributed by atoms with Crippen LogP contribution in [0.1, 0.15) is 95.0 Å². The molecule has 2 aromatic rings. The maximum atomic E-state index is 14.6. The first-order valence-electron chi connectivity index (χ1n) is 16.2. The van der Waals surface area contributed by atoms with Gasteiger partial charge in [-0.3, -0.25) is 14.4 Å². The third-order valence-corrected chi connectivity index (χ3v) is 10.8. The predicted molar refractivity (Wildman–Crippen MR) is 178 cm³/mol. The van der Waals surface area contributed by atoms with Crippen molar-refractivity contribution in [2.75, 3.05) is 0 Å². The van der Waals surface area contributed by atoms with E-state index < -0.39 is 56.8 Å². The van der Waals surface area contributed by atoms with Gasteiger partial charge in [-0.05, 0) is 73.1 Å². The Labute approximate surface area is 271 Å². The molecule has 4 atom stereocenters. The van der Waals surface area contributed by atoms with Crippen LogP contribution in [0.3, 0.4) is 0 Å². The number of aliphatic hydroxyl groups is 3. The Hall–Kier alpha value is -3.97. The third kappa shape index (κ3) is 4.77. The fourth-order valence-corrected chi connectivity index (χ4v) is 8.84. The molecule has 1 fully saturated rings. The number of ketones is 3. The van der Waals surface area contributed by atoms with E-state index in [1.54, 1.807) is 20.8 Å². The Morgan fingerprint density at radius 3 is 2.24 bits per heavy atom. The number of hydrogen-bond acceptors (Lipinski definition) is 7. The molecule has 0 heterocycles. The molecule has 3 aliphatic rings. The van der Waals surface area contributed by atoms with Crippen LogP contribution in [-0.4, -0.2) is 43.4 Å². The topological polar surface area (TPSA) is 132 Å². The zero-order valence-corrected chi connectivity index (χ0v) is 28.0. The molecule has 244 valence electrons. The minimum atomic E-state index is -2.63. The summed E-state index contributed by atoms with van der Waals surface area (Å²) in [5.74, 6) is -5.14. The van der Waals surface area contributed by atoms with Crippen molar-refractivity contribution < 1.29 is 34.8 Å². The van der Waals surface area contributed by atoms with Crippen LogP contribution in [0.2, 0.25) is 0 Å². The van der Waals surface area contributed by atoms with E-state index in [-0.39, 0.29) is 41.6 Å². The zero-order chi connectivity index (χ0) is 34.1. The fourth-order valence-electron chi connectivity index (χ4n) is 8.84. The summed E-state index contributed by atoms with van der Waals surface area (Å²) < 4.78 is 0. The Morgan fingerprint density at radius 2 is 1.67 bits per heavy atom. The Morgan fingerprint density at radius 1 is 1.04 bits per heavy atom. The van der Waals surface area contributed by atoms with Crippen LogP contribution in [0.15, 0.2) is 65.5 Å². The summed E-state index contributed by atoms with van der Waals surface area (Å²) in [5.41, 5.74) is -1.41. The first kappa shape index (κ1) is 33.4. The molecule has 1 unspecified atom stereocenters. The molecule has 0 bridgehead atoms. The van der Waals surface area contributed by atoms with Gasteiger partial charge in [-0.25, -0.2) is 0 Å². The summed E-state index contributed by atoms with van der Waals surface area (Å²) >= 11 is 0. The van der Waals surface area contributed by atoms with Crippen molar-refractivity contribution in [3.05, 3.63) is 93.3 Å². The number of allylic oxidation sites excluding steroid dienone is 2. The third-order valence-electron chi connectivity index (χ3n) is 10.8. The smallest absolute Gasteiger partial charge is 0.203 e. The number of carbonyl (C=O) groups excluding carboxylic acids is 3. The van der Waals surface area contributed by atoms with E-state index in [2.05, 4.69) is 18.7 Å². The lowest BCUT2D eigenvalue weighted by atomic mass is 9.43. The number of hydrogen-bond donors (Lipinski definition) is 4. The molecule has 3 aliphatic carbocycles. The summed E-state index contributed by atoms with van der Waals surface area (Å²) in [6, 6.07) is 12.0. The van der Waals surface area contributed by atoms with E-state index >= 15 is 0 Å². The number of carbonyl (C=O) groups is 3. The molecule has 0 amide bonds. The number of benzene rings is 2. The maximum Gasteiger partial charge on any atom is 0.203 e. The largest absolute Gasteiger partial charge is 0.508 e. The second-order valence-corrected chi connectivity index (χ2v) is 14.9. The van der Waals surface area contributed by atoms with E-state index in [9.17, 15) is 34.8 Å². The molecule has 7 nitrogen and oxygen atoms in total. The lowest BCUT2D eigenvalue weighted by Crippen LogP contribution is -2.69. The van der Waals surface area contributed by atoms with Crippen LogP contribution in [0.5, 0.6) is 5.75 Å². The van der Waals surface area contributed by atoms with E-state index in [1.807, 2.05) is 45.0 Å². The Bertz CT molecular complexity index is 1730. The second kappa shape index (κ2) is 11.4. The van der Waals surface area contributed by atoms with Gasteiger partial charge in [0.25, 0.3) is 0 Å². The van der Waals surface area contributed by atoms with Gasteiger partial charge in [0.2, 0.25) is 5.78 Å². The normalized spacial score (nSPS) is 27.6. The van der Waals surface area contributed by atoms with Crippen molar-refractivity contribution in [3.8, 4) is 5.75 Å². The molecule has 1 saturated carbocycles. The molecule has 0 radical (unpaired) electrons. The number of fused-ring (bicyclic) bond motifs is 3. The SMILES string of the molecule is C=C(CCc1ccccc1)Cc1cc(C(C)C)c2c(c1O)C(O)=C1C(=O)[C@@]3(O)C(O)=C(C(C)=O)C(=O)C(C(C)C)[C@@]3(C)C[C@@]1(C)C2. The number of rotatable bonds is 8. The van der Waals surface area contributed by atoms with Crippen LogP contribution in [0.25, 0.3) is 5.76 Å². The van der Waals surface area contributed by atoms with Crippen LogP contribution in [-0.2, 0) is 33.6 Å². The van der Waals surface area contributed by atoms with Gasteiger partial charge in [0.15, 0.2) is 17.2 Å². The van der Waals surface area contributed by atoms with E-state index in [0.29, 0.717) is 24.0 Å². The van der Waals surface area contributed by atoms with Crippen LogP contribution >= 0.6 is 0 Å². The Balaban J connectivity index is 1.67. The number of aliphatic hydroxyl groups excluding tert-OH is 2. The van der Waals surface area contributed by atoms with Crippen molar-refractivity contribution in [2.24, 2.45) is 22.7 Å². The van der Waals surface area contributed by atoms with Gasteiger partial charge < -0.3 is 20.4 Å². The zero-order valence-electron chi connectivity index (χ0n) is 28.0. The van der Waals surface area contributed by atoms with E-state index in [4.69, 9.17) is 0 Å².